The number of carboxylic acids is 1. The number of nitrogens with one attached hydrogen (secondary N) is 1. The smallest absolute Gasteiger partial charge is 0.337 e. The number of hydrogen-bond acceptors (Lipinski definition) is 2. The minimum atomic E-state index is -1.05. The third-order valence-corrected chi connectivity index (χ3v) is 3.65. The molecule has 20 heavy (non-hydrogen) atoms. The number of amides is 2. The lowest BCUT2D eigenvalue weighted by Crippen LogP contribution is -2.44. The molecule has 0 heterocycles. The molecule has 0 saturated heterocycles. The van der Waals surface area contributed by atoms with E-state index in [-0.39, 0.29) is 17.6 Å². The van der Waals surface area contributed by atoms with Crippen LogP contribution in [0.1, 0.15) is 37.6 Å². The molecule has 0 saturated carbocycles. The Labute approximate surface area is 119 Å². The van der Waals surface area contributed by atoms with Crippen LogP contribution in [0.15, 0.2) is 24.3 Å². The van der Waals surface area contributed by atoms with Crippen molar-refractivity contribution in [2.75, 3.05) is 11.9 Å². The highest BCUT2D eigenvalue weighted by Gasteiger charge is 2.20. The summed E-state index contributed by atoms with van der Waals surface area (Å²) in [5, 5.41) is 12.0. The molecule has 0 aromatic heterocycles. The van der Waals surface area contributed by atoms with Crippen LogP contribution in [-0.2, 0) is 0 Å². The number of para-hydroxylation sites is 1. The van der Waals surface area contributed by atoms with E-state index in [9.17, 15) is 9.59 Å². The first-order chi connectivity index (χ1) is 9.38. The van der Waals surface area contributed by atoms with Gasteiger partial charge in [0, 0.05) is 13.1 Å². The van der Waals surface area contributed by atoms with Crippen LogP contribution < -0.4 is 10.2 Å². The largest absolute Gasteiger partial charge is 0.478 e. The van der Waals surface area contributed by atoms with Gasteiger partial charge in [-0.05, 0) is 25.0 Å². The zero-order valence-corrected chi connectivity index (χ0v) is 12.4. The third-order valence-electron chi connectivity index (χ3n) is 3.65. The maximum absolute atomic E-state index is 12.2. The molecule has 0 fully saturated rings. The van der Waals surface area contributed by atoms with E-state index in [4.69, 9.17) is 5.11 Å². The summed E-state index contributed by atoms with van der Waals surface area (Å²) in [6.07, 6.45) is 0.969. The normalized spacial score (nSPS) is 13.4. The summed E-state index contributed by atoms with van der Waals surface area (Å²) >= 11 is 0. The highest BCUT2D eigenvalue weighted by molar-refractivity contribution is 6.01. The molecule has 0 spiro atoms. The SMILES string of the molecule is CCC(C)C(C)NC(=O)N(C)c1ccccc1C(=O)O. The molecule has 2 N–H and O–H groups in total. The second kappa shape index (κ2) is 6.93. The van der Waals surface area contributed by atoms with E-state index >= 15 is 0 Å². The first-order valence-electron chi connectivity index (χ1n) is 6.75. The number of benzene rings is 1. The van der Waals surface area contributed by atoms with Crippen molar-refractivity contribution in [3.63, 3.8) is 0 Å². The molecule has 110 valence electrons. The fourth-order valence-corrected chi connectivity index (χ4v) is 1.84. The number of aromatic carboxylic acids is 1. The van der Waals surface area contributed by atoms with Crippen molar-refractivity contribution >= 4 is 17.7 Å². The van der Waals surface area contributed by atoms with E-state index in [1.54, 1.807) is 25.2 Å². The molecule has 0 aliphatic carbocycles. The van der Waals surface area contributed by atoms with E-state index in [1.807, 2.05) is 6.92 Å². The average Bonchev–Trinajstić information content (AvgIpc) is 2.45. The fourth-order valence-electron chi connectivity index (χ4n) is 1.84. The molecule has 0 radical (unpaired) electrons. The first kappa shape index (κ1) is 16.0. The van der Waals surface area contributed by atoms with Crippen LogP contribution in [0, 0.1) is 5.92 Å². The average molecular weight is 278 g/mol. The van der Waals surface area contributed by atoms with Crippen LogP contribution >= 0.6 is 0 Å². The monoisotopic (exact) mass is 278 g/mol. The van der Waals surface area contributed by atoms with Gasteiger partial charge < -0.3 is 10.4 Å². The molecule has 0 aliphatic heterocycles. The highest BCUT2D eigenvalue weighted by Crippen LogP contribution is 2.19. The Morgan fingerprint density at radius 3 is 2.45 bits per heavy atom. The maximum atomic E-state index is 12.2. The van der Waals surface area contributed by atoms with Gasteiger partial charge in [0.25, 0.3) is 0 Å². The van der Waals surface area contributed by atoms with Gasteiger partial charge in [0.05, 0.1) is 11.3 Å². The summed E-state index contributed by atoms with van der Waals surface area (Å²) in [7, 11) is 1.57. The summed E-state index contributed by atoms with van der Waals surface area (Å²) < 4.78 is 0. The molecule has 2 unspecified atom stereocenters. The number of hydrogen-bond donors (Lipinski definition) is 2. The Kier molecular flexibility index (Phi) is 5.55. The fraction of sp³-hybridized carbons (Fsp3) is 0.467. The predicted molar refractivity (Wildman–Crippen MR) is 79.3 cm³/mol. The second-order valence-corrected chi connectivity index (χ2v) is 5.01. The van der Waals surface area contributed by atoms with Crippen molar-refractivity contribution in [1.29, 1.82) is 0 Å². The van der Waals surface area contributed by atoms with Gasteiger partial charge in [-0.2, -0.15) is 0 Å². The number of anilines is 1. The first-order valence-corrected chi connectivity index (χ1v) is 6.75. The molecule has 5 nitrogen and oxygen atoms in total. The lowest BCUT2D eigenvalue weighted by atomic mass is 10.0. The van der Waals surface area contributed by atoms with Crippen molar-refractivity contribution in [1.82, 2.24) is 5.32 Å². The number of carboxylic acid groups (broad SMARTS) is 1. The Hall–Kier alpha value is -2.04. The number of urea groups is 1. The Balaban J connectivity index is 2.87. The summed E-state index contributed by atoms with van der Waals surface area (Å²) in [5.41, 5.74) is 0.496. The molecule has 0 bridgehead atoms. The van der Waals surface area contributed by atoms with Crippen molar-refractivity contribution in [3.05, 3.63) is 29.8 Å². The molecule has 1 rings (SSSR count). The van der Waals surface area contributed by atoms with Gasteiger partial charge in [0.1, 0.15) is 0 Å². The van der Waals surface area contributed by atoms with Crippen LogP contribution in [-0.4, -0.2) is 30.2 Å². The third kappa shape index (κ3) is 3.73. The summed E-state index contributed by atoms with van der Waals surface area (Å²) in [5.74, 6) is -0.683. The van der Waals surface area contributed by atoms with Gasteiger partial charge >= 0.3 is 12.0 Å². The predicted octanol–water partition coefficient (Wildman–Crippen LogP) is 2.97. The summed E-state index contributed by atoms with van der Waals surface area (Å²) in [6.45, 7) is 6.08. The van der Waals surface area contributed by atoms with E-state index in [0.29, 0.717) is 11.6 Å². The van der Waals surface area contributed by atoms with Crippen molar-refractivity contribution < 1.29 is 14.7 Å². The number of nitrogens with zero attached hydrogens (tertiary/aromatic N) is 1. The van der Waals surface area contributed by atoms with Crippen molar-refractivity contribution in [3.8, 4) is 0 Å². The maximum Gasteiger partial charge on any atom is 0.337 e. The number of carbonyl (C=O) groups excluding carboxylic acids is 1. The van der Waals surface area contributed by atoms with Crippen LogP contribution in [0.3, 0.4) is 0 Å². The molecule has 1 aromatic rings. The van der Waals surface area contributed by atoms with Crippen LogP contribution in [0.5, 0.6) is 0 Å². The van der Waals surface area contributed by atoms with E-state index in [2.05, 4.69) is 19.2 Å². The van der Waals surface area contributed by atoms with Gasteiger partial charge in [0.15, 0.2) is 0 Å². The Morgan fingerprint density at radius 2 is 1.90 bits per heavy atom. The second-order valence-electron chi connectivity index (χ2n) is 5.01. The quantitative estimate of drug-likeness (QED) is 0.870. The Bertz CT molecular complexity index is 488. The Morgan fingerprint density at radius 1 is 1.30 bits per heavy atom. The van der Waals surface area contributed by atoms with E-state index in [1.165, 1.54) is 11.0 Å². The lowest BCUT2D eigenvalue weighted by molar-refractivity contribution is 0.0697. The molecule has 2 atom stereocenters. The molecule has 5 heteroatoms. The topological polar surface area (TPSA) is 69.6 Å². The minimum Gasteiger partial charge on any atom is -0.478 e. The van der Waals surface area contributed by atoms with Gasteiger partial charge in [-0.25, -0.2) is 9.59 Å². The molecular formula is C15H22N2O3. The van der Waals surface area contributed by atoms with Crippen molar-refractivity contribution in [2.24, 2.45) is 5.92 Å². The van der Waals surface area contributed by atoms with Gasteiger partial charge in [0.2, 0.25) is 0 Å². The molecule has 0 aliphatic rings. The standard InChI is InChI=1S/C15H22N2O3/c1-5-10(2)11(3)16-15(20)17(4)13-9-7-6-8-12(13)14(18)19/h6-11H,5H2,1-4H3,(H,16,20)(H,18,19). The number of carbonyl (C=O) groups is 2. The summed E-state index contributed by atoms with van der Waals surface area (Å²) in [4.78, 5) is 24.7. The van der Waals surface area contributed by atoms with Gasteiger partial charge in [-0.1, -0.05) is 32.4 Å². The van der Waals surface area contributed by atoms with Crippen LogP contribution in [0.25, 0.3) is 0 Å². The minimum absolute atomic E-state index is 0.0342. The highest BCUT2D eigenvalue weighted by atomic mass is 16.4. The van der Waals surface area contributed by atoms with Crippen LogP contribution in [0.2, 0.25) is 0 Å². The lowest BCUT2D eigenvalue weighted by Gasteiger charge is -2.25. The zero-order valence-electron chi connectivity index (χ0n) is 12.4. The van der Waals surface area contributed by atoms with Gasteiger partial charge in [-0.15, -0.1) is 0 Å². The van der Waals surface area contributed by atoms with E-state index in [0.717, 1.165) is 6.42 Å². The number of rotatable bonds is 5. The van der Waals surface area contributed by atoms with E-state index < -0.39 is 5.97 Å². The van der Waals surface area contributed by atoms with Gasteiger partial charge in [-0.3, -0.25) is 4.90 Å². The molecule has 2 amide bonds. The molecule has 1 aromatic carbocycles. The molecular weight excluding hydrogens is 256 g/mol. The summed E-state index contributed by atoms with van der Waals surface area (Å²) in [6, 6.07) is 6.19. The van der Waals surface area contributed by atoms with Crippen LogP contribution in [0.4, 0.5) is 10.5 Å². The van der Waals surface area contributed by atoms with Crippen molar-refractivity contribution in [2.45, 2.75) is 33.2 Å². The zero-order chi connectivity index (χ0) is 15.3.